The third-order valence-electron chi connectivity index (χ3n) is 2.51. The molecular formula is C12H13Br2N3OS. The smallest absolute Gasteiger partial charge is 0.172 e. The minimum absolute atomic E-state index is 0.0480. The summed E-state index contributed by atoms with van der Waals surface area (Å²) >= 11 is 8.28. The predicted molar refractivity (Wildman–Crippen MR) is 82.6 cm³/mol. The number of hydrogen-bond acceptors (Lipinski definition) is 4. The fourth-order valence-corrected chi connectivity index (χ4v) is 4.55. The van der Waals surface area contributed by atoms with Gasteiger partial charge in [-0.3, -0.25) is 4.79 Å². The van der Waals surface area contributed by atoms with Gasteiger partial charge in [-0.05, 0) is 43.8 Å². The van der Waals surface area contributed by atoms with E-state index in [1.807, 2.05) is 6.07 Å². The highest BCUT2D eigenvalue weighted by Crippen LogP contribution is 2.32. The summed E-state index contributed by atoms with van der Waals surface area (Å²) in [5.41, 5.74) is 0.691. The van der Waals surface area contributed by atoms with Gasteiger partial charge in [0.1, 0.15) is 12.2 Å². The third-order valence-corrected chi connectivity index (χ3v) is 4.85. The second-order valence-corrected chi connectivity index (χ2v) is 8.34. The van der Waals surface area contributed by atoms with Gasteiger partial charge in [0, 0.05) is 12.1 Å². The van der Waals surface area contributed by atoms with E-state index >= 15 is 0 Å². The van der Waals surface area contributed by atoms with Gasteiger partial charge in [0.2, 0.25) is 0 Å². The number of carbonyl (C=O) groups excluding carboxylic acids is 1. The van der Waals surface area contributed by atoms with Crippen LogP contribution in [0.3, 0.4) is 0 Å². The van der Waals surface area contributed by atoms with Crippen LogP contribution in [-0.4, -0.2) is 20.5 Å². The standard InChI is InChI=1S/C12H13Br2N3OS/c1-7(2)5-17-11(15-6-16-17)4-9(18)8-3-10(13)19-12(8)14/h3,6-7H,4-5H2,1-2H3. The van der Waals surface area contributed by atoms with Crippen LogP contribution in [0.15, 0.2) is 20.0 Å². The molecule has 2 rings (SSSR count). The van der Waals surface area contributed by atoms with Gasteiger partial charge >= 0.3 is 0 Å². The third kappa shape index (κ3) is 3.73. The Kier molecular flexibility index (Phi) is 4.92. The Morgan fingerprint density at radius 2 is 2.21 bits per heavy atom. The summed E-state index contributed by atoms with van der Waals surface area (Å²) < 4.78 is 3.59. The molecule has 0 atom stereocenters. The Labute approximate surface area is 132 Å². The molecule has 2 aromatic rings. The maximum atomic E-state index is 12.3. The van der Waals surface area contributed by atoms with Crippen molar-refractivity contribution in [2.75, 3.05) is 0 Å². The van der Waals surface area contributed by atoms with Gasteiger partial charge < -0.3 is 0 Å². The van der Waals surface area contributed by atoms with Crippen LogP contribution in [0.4, 0.5) is 0 Å². The number of carbonyl (C=O) groups is 1. The summed E-state index contributed by atoms with van der Waals surface area (Å²) in [6, 6.07) is 1.83. The summed E-state index contributed by atoms with van der Waals surface area (Å²) in [6.45, 7) is 5.00. The van der Waals surface area contributed by atoms with Crippen LogP contribution in [0.2, 0.25) is 0 Å². The summed E-state index contributed by atoms with van der Waals surface area (Å²) in [5.74, 6) is 1.23. The second-order valence-electron chi connectivity index (χ2n) is 4.59. The van der Waals surface area contributed by atoms with Gasteiger partial charge in [-0.25, -0.2) is 9.67 Å². The largest absolute Gasteiger partial charge is 0.294 e. The second kappa shape index (κ2) is 6.28. The van der Waals surface area contributed by atoms with E-state index in [4.69, 9.17) is 0 Å². The Balaban J connectivity index is 2.15. The van der Waals surface area contributed by atoms with E-state index in [2.05, 4.69) is 55.8 Å². The van der Waals surface area contributed by atoms with E-state index in [9.17, 15) is 4.79 Å². The van der Waals surface area contributed by atoms with Gasteiger partial charge in [-0.2, -0.15) is 5.10 Å². The molecule has 0 N–H and O–H groups in total. The molecule has 0 aliphatic rings. The molecule has 0 radical (unpaired) electrons. The van der Waals surface area contributed by atoms with Crippen LogP contribution < -0.4 is 0 Å². The minimum atomic E-state index is 0.0480. The van der Waals surface area contributed by atoms with Crippen molar-refractivity contribution in [2.45, 2.75) is 26.8 Å². The highest BCUT2D eigenvalue weighted by Gasteiger charge is 2.17. The Morgan fingerprint density at radius 1 is 1.47 bits per heavy atom. The van der Waals surface area contributed by atoms with Crippen molar-refractivity contribution in [3.8, 4) is 0 Å². The number of nitrogens with zero attached hydrogens (tertiary/aromatic N) is 3. The first-order chi connectivity index (χ1) is 8.97. The lowest BCUT2D eigenvalue weighted by atomic mass is 10.1. The molecule has 7 heteroatoms. The topological polar surface area (TPSA) is 47.8 Å². The van der Waals surface area contributed by atoms with Crippen LogP contribution in [0.5, 0.6) is 0 Å². The van der Waals surface area contributed by atoms with Gasteiger partial charge in [-0.1, -0.05) is 13.8 Å². The summed E-state index contributed by atoms with van der Waals surface area (Å²) in [7, 11) is 0. The molecule has 102 valence electrons. The van der Waals surface area contributed by atoms with Crippen molar-refractivity contribution in [2.24, 2.45) is 5.92 Å². The van der Waals surface area contributed by atoms with Crippen molar-refractivity contribution in [1.29, 1.82) is 0 Å². The highest BCUT2D eigenvalue weighted by atomic mass is 79.9. The van der Waals surface area contributed by atoms with Crippen LogP contribution in [-0.2, 0) is 13.0 Å². The zero-order valence-corrected chi connectivity index (χ0v) is 14.5. The molecule has 19 heavy (non-hydrogen) atoms. The normalized spacial score (nSPS) is 11.2. The van der Waals surface area contributed by atoms with Crippen molar-refractivity contribution in [3.63, 3.8) is 0 Å². The average Bonchev–Trinajstić information content (AvgIpc) is 2.85. The van der Waals surface area contributed by atoms with Crippen molar-refractivity contribution >= 4 is 49.0 Å². The van der Waals surface area contributed by atoms with E-state index in [0.717, 1.165) is 14.1 Å². The maximum absolute atomic E-state index is 12.3. The highest BCUT2D eigenvalue weighted by molar-refractivity contribution is 9.12. The quantitative estimate of drug-likeness (QED) is 0.706. The zero-order chi connectivity index (χ0) is 14.0. The Hall–Kier alpha value is -0.530. The molecule has 0 spiro atoms. The van der Waals surface area contributed by atoms with Crippen molar-refractivity contribution < 1.29 is 4.79 Å². The SMILES string of the molecule is CC(C)Cn1ncnc1CC(=O)c1cc(Br)sc1Br. The van der Waals surface area contributed by atoms with Crippen LogP contribution in [0.1, 0.15) is 30.0 Å². The molecule has 4 nitrogen and oxygen atoms in total. The lowest BCUT2D eigenvalue weighted by molar-refractivity contribution is 0.0988. The average molecular weight is 407 g/mol. The molecule has 0 saturated carbocycles. The predicted octanol–water partition coefficient (Wildman–Crippen LogP) is 3.95. The Bertz CT molecular complexity index is 592. The van der Waals surface area contributed by atoms with Crippen molar-refractivity contribution in [1.82, 2.24) is 14.8 Å². The molecule has 2 aromatic heterocycles. The van der Waals surface area contributed by atoms with Crippen LogP contribution in [0.25, 0.3) is 0 Å². The molecule has 0 aliphatic carbocycles. The molecule has 0 bridgehead atoms. The molecule has 0 aliphatic heterocycles. The molecule has 0 fully saturated rings. The van der Waals surface area contributed by atoms with E-state index in [1.165, 1.54) is 17.7 Å². The van der Waals surface area contributed by atoms with Gasteiger partial charge in [0.05, 0.1) is 14.0 Å². The van der Waals surface area contributed by atoms with E-state index < -0.39 is 0 Å². The first kappa shape index (κ1) is 14.9. The molecule has 0 saturated heterocycles. The molecule has 0 amide bonds. The molecule has 0 aromatic carbocycles. The van der Waals surface area contributed by atoms with E-state index in [0.29, 0.717) is 17.3 Å². The summed E-state index contributed by atoms with van der Waals surface area (Å²) in [6.07, 6.45) is 1.78. The lowest BCUT2D eigenvalue weighted by Gasteiger charge is -2.07. The Morgan fingerprint density at radius 3 is 2.79 bits per heavy atom. The number of hydrogen-bond donors (Lipinski definition) is 0. The number of halogens is 2. The zero-order valence-electron chi connectivity index (χ0n) is 10.6. The first-order valence-corrected chi connectivity index (χ1v) is 8.22. The fourth-order valence-electron chi connectivity index (χ4n) is 1.69. The number of rotatable bonds is 5. The monoisotopic (exact) mass is 405 g/mol. The minimum Gasteiger partial charge on any atom is -0.294 e. The molecular weight excluding hydrogens is 394 g/mol. The lowest BCUT2D eigenvalue weighted by Crippen LogP contribution is -2.14. The van der Waals surface area contributed by atoms with Gasteiger partial charge in [-0.15, -0.1) is 11.3 Å². The van der Waals surface area contributed by atoms with E-state index in [-0.39, 0.29) is 12.2 Å². The van der Waals surface area contributed by atoms with Crippen LogP contribution >= 0.6 is 43.2 Å². The van der Waals surface area contributed by atoms with Crippen molar-refractivity contribution in [3.05, 3.63) is 31.4 Å². The number of Topliss-reactive ketones (excluding diaryl/α,β-unsaturated/α-hetero) is 1. The molecule has 2 heterocycles. The van der Waals surface area contributed by atoms with E-state index in [1.54, 1.807) is 4.68 Å². The summed E-state index contributed by atoms with van der Waals surface area (Å²) in [4.78, 5) is 16.4. The maximum Gasteiger partial charge on any atom is 0.172 e. The number of thiophene rings is 1. The van der Waals surface area contributed by atoms with Crippen LogP contribution in [0, 0.1) is 5.92 Å². The van der Waals surface area contributed by atoms with Gasteiger partial charge in [0.25, 0.3) is 0 Å². The number of aromatic nitrogens is 3. The first-order valence-electron chi connectivity index (χ1n) is 5.82. The summed E-state index contributed by atoms with van der Waals surface area (Å²) in [5, 5.41) is 4.17. The molecule has 0 unspecified atom stereocenters. The fraction of sp³-hybridized carbons (Fsp3) is 0.417. The number of ketones is 1. The van der Waals surface area contributed by atoms with Gasteiger partial charge in [0.15, 0.2) is 5.78 Å².